The highest BCUT2D eigenvalue weighted by Gasteiger charge is 2.39. The highest BCUT2D eigenvalue weighted by Crippen LogP contribution is 2.28. The molecular formula is C20H14N2O6S2. The van der Waals surface area contributed by atoms with Crippen LogP contribution in [0.1, 0.15) is 36.0 Å². The van der Waals surface area contributed by atoms with E-state index < -0.39 is 27.8 Å². The van der Waals surface area contributed by atoms with Crippen LogP contribution in [0.25, 0.3) is 0 Å². The summed E-state index contributed by atoms with van der Waals surface area (Å²) in [6.45, 7) is 1.87. The second-order valence-corrected chi connectivity index (χ2v) is 8.98. The minimum Gasteiger partial charge on any atom is -0.323 e. The van der Waals surface area contributed by atoms with Crippen molar-refractivity contribution in [2.75, 3.05) is 4.72 Å². The molecule has 0 bridgehead atoms. The van der Waals surface area contributed by atoms with Gasteiger partial charge in [0, 0.05) is 5.69 Å². The van der Waals surface area contributed by atoms with E-state index in [0.29, 0.717) is 10.8 Å². The first-order valence-electron chi connectivity index (χ1n) is 8.65. The predicted molar refractivity (Wildman–Crippen MR) is 109 cm³/mol. The molecule has 0 unspecified atom stereocenters. The Morgan fingerprint density at radius 3 is 2.17 bits per heavy atom. The lowest BCUT2D eigenvalue weighted by Gasteiger charge is -2.13. The van der Waals surface area contributed by atoms with Crippen LogP contribution >= 0.6 is 11.3 Å². The molecule has 0 fully saturated rings. The molecular weight excluding hydrogens is 428 g/mol. The Morgan fingerprint density at radius 2 is 1.57 bits per heavy atom. The average Bonchev–Trinajstić information content (AvgIpc) is 3.31. The Kier molecular flexibility index (Phi) is 4.88. The fraction of sp³-hybridized carbons (Fsp3) is 0.0500. The van der Waals surface area contributed by atoms with Crippen LogP contribution in [0.2, 0.25) is 0 Å². The second kappa shape index (κ2) is 7.39. The van der Waals surface area contributed by atoms with E-state index in [1.54, 1.807) is 36.4 Å². The molecule has 0 spiro atoms. The maximum atomic E-state index is 12.8. The van der Waals surface area contributed by atoms with Crippen LogP contribution < -0.4 is 4.72 Å². The van der Waals surface area contributed by atoms with E-state index in [-0.39, 0.29) is 20.9 Å². The van der Waals surface area contributed by atoms with E-state index in [9.17, 15) is 22.8 Å². The van der Waals surface area contributed by atoms with Crippen LogP contribution in [0.5, 0.6) is 0 Å². The first-order chi connectivity index (χ1) is 14.3. The topological polar surface area (TPSA) is 110 Å². The number of anilines is 1. The Bertz CT molecular complexity index is 1240. The van der Waals surface area contributed by atoms with Gasteiger partial charge < -0.3 is 4.84 Å². The Labute approximate surface area is 175 Å². The fourth-order valence-corrected chi connectivity index (χ4v) is 5.21. The molecule has 3 aromatic rings. The van der Waals surface area contributed by atoms with Crippen molar-refractivity contribution in [2.24, 2.45) is 0 Å². The molecule has 2 heterocycles. The van der Waals surface area contributed by atoms with Gasteiger partial charge in [-0.2, -0.15) is 0 Å². The zero-order valence-corrected chi connectivity index (χ0v) is 17.1. The van der Waals surface area contributed by atoms with Crippen LogP contribution in [0.4, 0.5) is 5.69 Å². The first-order valence-corrected chi connectivity index (χ1v) is 11.0. The van der Waals surface area contributed by atoms with Crippen molar-refractivity contribution in [3.8, 4) is 0 Å². The first kappa shape index (κ1) is 19.8. The summed E-state index contributed by atoms with van der Waals surface area (Å²) < 4.78 is 27.9. The molecule has 4 rings (SSSR count). The monoisotopic (exact) mass is 442 g/mol. The van der Waals surface area contributed by atoms with Crippen molar-refractivity contribution in [1.29, 1.82) is 0 Å². The molecule has 0 radical (unpaired) electrons. The minimum atomic E-state index is -4.10. The Morgan fingerprint density at radius 1 is 0.967 bits per heavy atom. The van der Waals surface area contributed by atoms with Crippen LogP contribution in [0, 0.1) is 6.92 Å². The minimum absolute atomic E-state index is 0.107. The van der Waals surface area contributed by atoms with Crippen molar-refractivity contribution >= 4 is 44.8 Å². The Hall–Kier alpha value is -3.50. The molecule has 1 N–H and O–H groups in total. The summed E-state index contributed by atoms with van der Waals surface area (Å²) in [5.74, 6) is -2.70. The molecule has 0 atom stereocenters. The number of imide groups is 1. The number of amides is 2. The van der Waals surface area contributed by atoms with E-state index in [0.717, 1.165) is 16.9 Å². The molecule has 1 aliphatic rings. The van der Waals surface area contributed by atoms with E-state index in [4.69, 9.17) is 4.84 Å². The predicted octanol–water partition coefficient (Wildman–Crippen LogP) is 3.23. The third-order valence-corrected chi connectivity index (χ3v) is 6.79. The van der Waals surface area contributed by atoms with Gasteiger partial charge in [0.05, 0.1) is 11.1 Å². The number of hydrogen-bond donors (Lipinski definition) is 1. The Balaban J connectivity index is 1.57. The number of hydrogen-bond acceptors (Lipinski definition) is 7. The highest BCUT2D eigenvalue weighted by molar-refractivity contribution is 7.93. The van der Waals surface area contributed by atoms with E-state index in [1.165, 1.54) is 23.6 Å². The molecule has 30 heavy (non-hydrogen) atoms. The highest BCUT2D eigenvalue weighted by atomic mass is 32.2. The average molecular weight is 442 g/mol. The number of sulfonamides is 1. The number of rotatable bonds is 5. The molecule has 2 aromatic carbocycles. The molecule has 10 heteroatoms. The second-order valence-electron chi connectivity index (χ2n) is 6.41. The van der Waals surface area contributed by atoms with Crippen molar-refractivity contribution < 1.29 is 27.6 Å². The van der Waals surface area contributed by atoms with Gasteiger partial charge in [-0.15, -0.1) is 11.3 Å². The van der Waals surface area contributed by atoms with Gasteiger partial charge in [0.25, 0.3) is 21.8 Å². The summed E-state index contributed by atoms with van der Waals surface area (Å²) in [5.41, 5.74) is 1.50. The van der Waals surface area contributed by atoms with Gasteiger partial charge in [-0.25, -0.2) is 13.2 Å². The van der Waals surface area contributed by atoms with Gasteiger partial charge in [-0.1, -0.05) is 34.9 Å². The zero-order chi connectivity index (χ0) is 21.5. The number of nitrogens with one attached hydrogen (secondary N) is 1. The summed E-state index contributed by atoms with van der Waals surface area (Å²) in [7, 11) is -4.10. The van der Waals surface area contributed by atoms with E-state index >= 15 is 0 Å². The molecule has 0 saturated heterocycles. The summed E-state index contributed by atoms with van der Waals surface area (Å²) in [6, 6.07) is 14.0. The molecule has 2 amide bonds. The quantitative estimate of drug-likeness (QED) is 0.608. The van der Waals surface area contributed by atoms with Gasteiger partial charge in [0.15, 0.2) is 0 Å². The van der Waals surface area contributed by atoms with E-state index in [1.807, 2.05) is 6.92 Å². The van der Waals surface area contributed by atoms with Crippen molar-refractivity contribution in [1.82, 2.24) is 5.06 Å². The number of carbonyl (C=O) groups is 3. The smallest absolute Gasteiger partial charge is 0.323 e. The van der Waals surface area contributed by atoms with Crippen LogP contribution in [-0.2, 0) is 14.9 Å². The molecule has 0 aliphatic carbocycles. The lowest BCUT2D eigenvalue weighted by Crippen LogP contribution is -2.33. The molecule has 8 nitrogen and oxygen atoms in total. The number of benzene rings is 2. The van der Waals surface area contributed by atoms with Crippen molar-refractivity contribution in [2.45, 2.75) is 11.8 Å². The maximum absolute atomic E-state index is 12.8. The molecule has 0 saturated carbocycles. The maximum Gasteiger partial charge on any atom is 0.375 e. The SMILES string of the molecule is Cc1ccc(NS(=O)(=O)c2ccsc2C(=O)ON2C(=O)c3ccccc3C2=O)cc1. The largest absolute Gasteiger partial charge is 0.375 e. The van der Waals surface area contributed by atoms with Gasteiger partial charge in [0.2, 0.25) is 0 Å². The zero-order valence-electron chi connectivity index (χ0n) is 15.5. The summed E-state index contributed by atoms with van der Waals surface area (Å²) in [5, 5.41) is 1.75. The summed E-state index contributed by atoms with van der Waals surface area (Å²) in [6.07, 6.45) is 0. The van der Waals surface area contributed by atoms with Gasteiger partial charge in [-0.3, -0.25) is 14.3 Å². The third kappa shape index (κ3) is 3.46. The third-order valence-electron chi connectivity index (χ3n) is 4.34. The van der Waals surface area contributed by atoms with Gasteiger partial charge in [0.1, 0.15) is 9.77 Å². The van der Waals surface area contributed by atoms with Crippen LogP contribution in [0.3, 0.4) is 0 Å². The van der Waals surface area contributed by atoms with Crippen molar-refractivity contribution in [3.05, 3.63) is 81.5 Å². The van der Waals surface area contributed by atoms with Gasteiger partial charge >= 0.3 is 5.97 Å². The van der Waals surface area contributed by atoms with E-state index in [2.05, 4.69) is 4.72 Å². The van der Waals surface area contributed by atoms with Crippen LogP contribution in [-0.4, -0.2) is 31.3 Å². The standard InChI is InChI=1S/C20H14N2O6S2/c1-12-6-8-13(9-7-12)21-30(26,27)16-10-11-29-17(16)20(25)28-22-18(23)14-4-2-3-5-15(14)19(22)24/h2-11,21H,1H3. The number of nitrogens with zero attached hydrogens (tertiary/aromatic N) is 1. The van der Waals surface area contributed by atoms with Gasteiger partial charge in [-0.05, 0) is 42.6 Å². The van der Waals surface area contributed by atoms with Crippen molar-refractivity contribution in [3.63, 3.8) is 0 Å². The number of aryl methyl sites for hydroxylation is 1. The summed E-state index contributed by atoms with van der Waals surface area (Å²) >= 11 is 0.824. The number of hydroxylamine groups is 2. The molecule has 1 aliphatic heterocycles. The lowest BCUT2D eigenvalue weighted by atomic mass is 10.1. The lowest BCUT2D eigenvalue weighted by molar-refractivity contribution is -0.0583. The number of fused-ring (bicyclic) bond motifs is 1. The number of carbonyl (C=O) groups excluding carboxylic acids is 3. The fourth-order valence-electron chi connectivity index (χ4n) is 2.86. The molecule has 1 aromatic heterocycles. The van der Waals surface area contributed by atoms with Crippen LogP contribution in [0.15, 0.2) is 64.9 Å². The normalized spacial score (nSPS) is 13.3. The molecule has 152 valence electrons. The number of thiophene rings is 1. The summed E-state index contributed by atoms with van der Waals surface area (Å²) in [4.78, 5) is 41.8.